The number of Topliss-reactive ketones (excluding diaryl/α,β-unsaturated/α-hetero) is 1. The molecule has 0 bridgehead atoms. The minimum Gasteiger partial charge on any atom is -0.481 e. The number of nitrogens with one attached hydrogen (secondary N) is 1. The largest absolute Gasteiger partial charge is 0.481 e. The van der Waals surface area contributed by atoms with E-state index >= 15 is 0 Å². The second-order valence-electron chi connectivity index (χ2n) is 10.1. The molecule has 9 nitrogen and oxygen atoms in total. The maximum absolute atomic E-state index is 12.2. The Labute approximate surface area is 229 Å². The Morgan fingerprint density at radius 3 is 1.58 bits per heavy atom. The molecule has 0 aromatic carbocycles. The van der Waals surface area contributed by atoms with Crippen LogP contribution in [0, 0.1) is 0 Å². The highest BCUT2D eigenvalue weighted by molar-refractivity contribution is 5.84. The van der Waals surface area contributed by atoms with E-state index in [-0.39, 0.29) is 31.0 Å². The molecule has 0 saturated carbocycles. The molecule has 0 spiro atoms. The second-order valence-corrected chi connectivity index (χ2v) is 10.1. The second kappa shape index (κ2) is 26.6. The van der Waals surface area contributed by atoms with Crippen LogP contribution in [0.3, 0.4) is 0 Å². The maximum Gasteiger partial charge on any atom is 0.326 e. The number of ketones is 1. The lowest BCUT2D eigenvalue weighted by atomic mass is 10.0. The lowest BCUT2D eigenvalue weighted by Gasteiger charge is -2.14. The molecular weight excluding hydrogens is 490 g/mol. The summed E-state index contributed by atoms with van der Waals surface area (Å²) in [5.41, 5.74) is 0. The van der Waals surface area contributed by atoms with Crippen LogP contribution in [0.25, 0.3) is 0 Å². The Kier molecular flexibility index (Phi) is 25.2. The van der Waals surface area contributed by atoms with Crippen molar-refractivity contribution in [1.82, 2.24) is 5.32 Å². The van der Waals surface area contributed by atoms with Gasteiger partial charge in [0, 0.05) is 39.4 Å². The third-order valence-electron chi connectivity index (χ3n) is 6.57. The molecule has 1 unspecified atom stereocenters. The van der Waals surface area contributed by atoms with Gasteiger partial charge in [0.15, 0.2) is 0 Å². The van der Waals surface area contributed by atoms with Crippen molar-refractivity contribution in [3.05, 3.63) is 0 Å². The van der Waals surface area contributed by atoms with E-state index in [9.17, 15) is 24.3 Å². The fraction of sp³-hybridized carbons (Fsp3) is 0.862. The van der Waals surface area contributed by atoms with Crippen molar-refractivity contribution in [3.8, 4) is 0 Å². The van der Waals surface area contributed by atoms with Crippen LogP contribution in [-0.4, -0.2) is 66.8 Å². The average molecular weight is 544 g/mol. The van der Waals surface area contributed by atoms with Gasteiger partial charge in [-0.25, -0.2) is 4.79 Å². The Balaban J connectivity index is 3.63. The fourth-order valence-electron chi connectivity index (χ4n) is 4.25. The van der Waals surface area contributed by atoms with Crippen molar-refractivity contribution >= 4 is 23.6 Å². The van der Waals surface area contributed by atoms with E-state index in [1.807, 2.05) is 0 Å². The summed E-state index contributed by atoms with van der Waals surface area (Å²) in [6.45, 7) is 1.46. The Hall–Kier alpha value is -2.00. The summed E-state index contributed by atoms with van der Waals surface area (Å²) in [4.78, 5) is 46.1. The molecule has 0 aromatic rings. The number of rotatable bonds is 29. The van der Waals surface area contributed by atoms with Crippen molar-refractivity contribution in [1.29, 1.82) is 0 Å². The lowest BCUT2D eigenvalue weighted by molar-refractivity contribution is -0.142. The molecule has 0 aromatic heterocycles. The van der Waals surface area contributed by atoms with Crippen molar-refractivity contribution in [3.63, 3.8) is 0 Å². The monoisotopic (exact) mass is 543 g/mol. The summed E-state index contributed by atoms with van der Waals surface area (Å²) in [6, 6.07) is -1.03. The van der Waals surface area contributed by atoms with Gasteiger partial charge in [-0.3, -0.25) is 14.4 Å². The molecule has 0 aliphatic rings. The quantitative estimate of drug-likeness (QED) is 0.102. The predicted octanol–water partition coefficient (Wildman–Crippen LogP) is 5.67. The molecule has 0 saturated heterocycles. The zero-order valence-corrected chi connectivity index (χ0v) is 23.7. The van der Waals surface area contributed by atoms with Crippen LogP contribution in [0.1, 0.15) is 128 Å². The third-order valence-corrected chi connectivity index (χ3v) is 6.57. The van der Waals surface area contributed by atoms with Gasteiger partial charge >= 0.3 is 11.9 Å². The molecule has 3 N–H and O–H groups in total. The van der Waals surface area contributed by atoms with Crippen LogP contribution in [0.15, 0.2) is 0 Å². The van der Waals surface area contributed by atoms with Gasteiger partial charge in [-0.15, -0.1) is 0 Å². The first kappa shape index (κ1) is 36.0. The SMILES string of the molecule is COCCOCCCC(=O)CCC(NC(=O)CCCCCCCCCCCCCCCCC(=O)O)C(=O)O. The van der Waals surface area contributed by atoms with Crippen LogP contribution in [0.5, 0.6) is 0 Å². The summed E-state index contributed by atoms with van der Waals surface area (Å²) < 4.78 is 10.2. The minimum atomic E-state index is -1.11. The van der Waals surface area contributed by atoms with Crippen molar-refractivity contribution < 1.29 is 38.9 Å². The summed E-state index contributed by atoms with van der Waals surface area (Å²) in [5.74, 6) is -2.10. The van der Waals surface area contributed by atoms with E-state index in [1.165, 1.54) is 44.9 Å². The fourth-order valence-corrected chi connectivity index (χ4v) is 4.25. The number of unbranched alkanes of at least 4 members (excludes halogenated alkanes) is 13. The van der Waals surface area contributed by atoms with Gasteiger partial charge in [0.1, 0.15) is 11.8 Å². The van der Waals surface area contributed by atoms with E-state index in [2.05, 4.69) is 5.32 Å². The molecule has 1 amide bonds. The van der Waals surface area contributed by atoms with Gasteiger partial charge in [0.25, 0.3) is 0 Å². The van der Waals surface area contributed by atoms with Crippen molar-refractivity contribution in [2.24, 2.45) is 0 Å². The van der Waals surface area contributed by atoms with E-state index < -0.39 is 18.0 Å². The van der Waals surface area contributed by atoms with Gasteiger partial charge in [-0.1, -0.05) is 77.0 Å². The summed E-state index contributed by atoms with van der Waals surface area (Å²) in [7, 11) is 1.59. The highest BCUT2D eigenvalue weighted by Crippen LogP contribution is 2.14. The number of carboxylic acids is 2. The predicted molar refractivity (Wildman–Crippen MR) is 147 cm³/mol. The molecule has 0 aliphatic carbocycles. The van der Waals surface area contributed by atoms with Crippen LogP contribution in [-0.2, 0) is 28.7 Å². The maximum atomic E-state index is 12.2. The van der Waals surface area contributed by atoms with Crippen molar-refractivity contribution in [2.45, 2.75) is 134 Å². The number of carbonyl (C=O) groups excluding carboxylic acids is 2. The smallest absolute Gasteiger partial charge is 0.326 e. The van der Waals surface area contributed by atoms with Crippen LogP contribution in [0.4, 0.5) is 0 Å². The average Bonchev–Trinajstić information content (AvgIpc) is 2.87. The zero-order valence-electron chi connectivity index (χ0n) is 23.7. The number of carbonyl (C=O) groups is 4. The highest BCUT2D eigenvalue weighted by atomic mass is 16.5. The number of amides is 1. The number of ether oxygens (including phenoxy) is 2. The van der Waals surface area contributed by atoms with E-state index in [1.54, 1.807) is 7.11 Å². The van der Waals surface area contributed by atoms with E-state index in [0.717, 1.165) is 44.9 Å². The topological polar surface area (TPSA) is 139 Å². The van der Waals surface area contributed by atoms with Gasteiger partial charge in [0.2, 0.25) is 5.91 Å². The Morgan fingerprint density at radius 2 is 1.11 bits per heavy atom. The molecular formula is C29H53NO8. The van der Waals surface area contributed by atoms with E-state index in [0.29, 0.717) is 39.1 Å². The van der Waals surface area contributed by atoms with E-state index in [4.69, 9.17) is 14.6 Å². The minimum absolute atomic E-state index is 0.0224. The first-order valence-corrected chi connectivity index (χ1v) is 14.7. The standard InChI is InChI=1S/C29H53NO8/c1-37-23-24-38-22-16-17-25(31)20-21-26(29(35)36)30-27(32)18-14-12-10-8-6-4-2-3-5-7-9-11-13-15-19-28(33)34/h26H,2-24H2,1H3,(H,30,32)(H,33,34)(H,35,36). The first-order valence-electron chi connectivity index (χ1n) is 14.7. The highest BCUT2D eigenvalue weighted by Gasteiger charge is 2.20. The molecule has 222 valence electrons. The Bertz CT molecular complexity index is 626. The third kappa shape index (κ3) is 25.6. The number of carboxylic acid groups (broad SMARTS) is 2. The molecule has 0 radical (unpaired) electrons. The summed E-state index contributed by atoms with van der Waals surface area (Å²) >= 11 is 0. The summed E-state index contributed by atoms with van der Waals surface area (Å²) in [6.07, 6.45) is 17.3. The molecule has 0 rings (SSSR count). The van der Waals surface area contributed by atoms with Gasteiger partial charge in [-0.05, 0) is 25.7 Å². The van der Waals surface area contributed by atoms with Crippen molar-refractivity contribution in [2.75, 3.05) is 26.9 Å². The number of methoxy groups -OCH3 is 1. The van der Waals surface area contributed by atoms with Crippen LogP contribution >= 0.6 is 0 Å². The normalized spacial score (nSPS) is 11.8. The zero-order chi connectivity index (χ0) is 28.3. The number of aliphatic carboxylic acids is 2. The molecule has 1 atom stereocenters. The first-order chi connectivity index (χ1) is 18.4. The summed E-state index contributed by atoms with van der Waals surface area (Å²) in [5, 5.41) is 20.5. The Morgan fingerprint density at radius 1 is 0.605 bits per heavy atom. The molecule has 0 aliphatic heterocycles. The number of hydrogen-bond donors (Lipinski definition) is 3. The van der Waals surface area contributed by atoms with Gasteiger partial charge < -0.3 is 25.0 Å². The molecule has 9 heteroatoms. The molecule has 0 heterocycles. The number of hydrogen-bond acceptors (Lipinski definition) is 6. The lowest BCUT2D eigenvalue weighted by Crippen LogP contribution is -2.41. The van der Waals surface area contributed by atoms with Gasteiger partial charge in [0.05, 0.1) is 13.2 Å². The molecule has 38 heavy (non-hydrogen) atoms. The van der Waals surface area contributed by atoms with Gasteiger partial charge in [-0.2, -0.15) is 0 Å². The molecule has 0 fully saturated rings. The van der Waals surface area contributed by atoms with Crippen LogP contribution < -0.4 is 5.32 Å². The van der Waals surface area contributed by atoms with Crippen LogP contribution in [0.2, 0.25) is 0 Å².